The average Bonchev–Trinajstić information content (AvgIpc) is 2.87. The largest absolute Gasteiger partial charge is 0.354 e. The molecular weight excluding hydrogens is 304 g/mol. The molecule has 2 rings (SSSR count). The number of amides is 1. The van der Waals surface area contributed by atoms with Crippen LogP contribution in [0.25, 0.3) is 0 Å². The maximum absolute atomic E-state index is 12.0. The highest BCUT2D eigenvalue weighted by molar-refractivity contribution is 7.10. The molecule has 1 aromatic heterocycles. The van der Waals surface area contributed by atoms with E-state index in [1.807, 2.05) is 24.4 Å². The second kappa shape index (κ2) is 10.2. The fraction of sp³-hybridized carbons (Fsp3) is 0.688. The zero-order chi connectivity index (χ0) is 14.2. The first-order valence-corrected chi connectivity index (χ1v) is 8.70. The minimum Gasteiger partial charge on any atom is -0.354 e. The van der Waals surface area contributed by atoms with E-state index in [1.54, 1.807) is 11.3 Å². The third kappa shape index (κ3) is 6.37. The number of halogens is 1. The van der Waals surface area contributed by atoms with Crippen LogP contribution >= 0.6 is 23.7 Å². The molecule has 0 spiro atoms. The first kappa shape index (κ1) is 18.5. The third-order valence-corrected chi connectivity index (χ3v) is 5.13. The van der Waals surface area contributed by atoms with Crippen molar-refractivity contribution in [2.75, 3.05) is 13.1 Å². The van der Waals surface area contributed by atoms with E-state index < -0.39 is 0 Å². The summed E-state index contributed by atoms with van der Waals surface area (Å²) in [6.07, 6.45) is 8.04. The van der Waals surface area contributed by atoms with Gasteiger partial charge in [-0.3, -0.25) is 4.79 Å². The van der Waals surface area contributed by atoms with Crippen LogP contribution in [0.5, 0.6) is 0 Å². The van der Waals surface area contributed by atoms with Crippen molar-refractivity contribution < 1.29 is 4.79 Å². The number of rotatable bonds is 6. The number of carbonyl (C=O) groups is 1. The SMILES string of the molecule is CC(C(=O)NCCNC1CCCCCC1)c1cccs1.Cl. The average molecular weight is 331 g/mol. The molecule has 0 radical (unpaired) electrons. The lowest BCUT2D eigenvalue weighted by atomic mass is 10.1. The van der Waals surface area contributed by atoms with Gasteiger partial charge >= 0.3 is 0 Å². The minimum absolute atomic E-state index is 0. The van der Waals surface area contributed by atoms with Gasteiger partial charge in [-0.05, 0) is 31.2 Å². The summed E-state index contributed by atoms with van der Waals surface area (Å²) in [6, 6.07) is 4.68. The van der Waals surface area contributed by atoms with Crippen LogP contribution in [0, 0.1) is 0 Å². The second-order valence-corrected chi connectivity index (χ2v) is 6.65. The van der Waals surface area contributed by atoms with Gasteiger partial charge in [0.2, 0.25) is 5.91 Å². The van der Waals surface area contributed by atoms with Gasteiger partial charge in [-0.25, -0.2) is 0 Å². The zero-order valence-corrected chi connectivity index (χ0v) is 14.4. The van der Waals surface area contributed by atoms with Crippen molar-refractivity contribution in [3.8, 4) is 0 Å². The van der Waals surface area contributed by atoms with E-state index in [2.05, 4.69) is 10.6 Å². The Morgan fingerprint density at radius 3 is 2.62 bits per heavy atom. The van der Waals surface area contributed by atoms with Crippen molar-refractivity contribution in [3.05, 3.63) is 22.4 Å². The molecule has 3 nitrogen and oxygen atoms in total. The summed E-state index contributed by atoms with van der Waals surface area (Å²) in [5.41, 5.74) is 0. The molecule has 1 saturated carbocycles. The van der Waals surface area contributed by atoms with Gasteiger partial charge in [-0.15, -0.1) is 23.7 Å². The highest BCUT2D eigenvalue weighted by Gasteiger charge is 2.15. The number of nitrogens with one attached hydrogen (secondary N) is 2. The van der Waals surface area contributed by atoms with Gasteiger partial charge < -0.3 is 10.6 Å². The highest BCUT2D eigenvalue weighted by Crippen LogP contribution is 2.20. The Morgan fingerprint density at radius 2 is 2.00 bits per heavy atom. The van der Waals surface area contributed by atoms with Gasteiger partial charge in [0, 0.05) is 24.0 Å². The van der Waals surface area contributed by atoms with Gasteiger partial charge in [0.25, 0.3) is 0 Å². The van der Waals surface area contributed by atoms with Crippen LogP contribution in [-0.4, -0.2) is 25.0 Å². The Balaban J connectivity index is 0.00000220. The monoisotopic (exact) mass is 330 g/mol. The van der Waals surface area contributed by atoms with Crippen LogP contribution in [0.1, 0.15) is 56.2 Å². The molecule has 1 fully saturated rings. The fourth-order valence-corrected chi connectivity index (χ4v) is 3.55. The number of thiophene rings is 1. The van der Waals surface area contributed by atoms with Crippen LogP contribution in [-0.2, 0) is 4.79 Å². The van der Waals surface area contributed by atoms with Gasteiger partial charge in [0.1, 0.15) is 0 Å². The first-order chi connectivity index (χ1) is 9.77. The number of hydrogen-bond donors (Lipinski definition) is 2. The second-order valence-electron chi connectivity index (χ2n) is 5.67. The third-order valence-electron chi connectivity index (χ3n) is 4.08. The molecule has 0 bridgehead atoms. The standard InChI is InChI=1S/C16H26N2OS.ClH/c1-13(15-9-6-12-20-15)16(19)18-11-10-17-14-7-4-2-3-5-8-14;/h6,9,12-14,17H,2-5,7-8,10-11H2,1H3,(H,18,19);1H. The Kier molecular flexibility index (Phi) is 8.97. The summed E-state index contributed by atoms with van der Waals surface area (Å²) in [4.78, 5) is 13.2. The molecule has 1 atom stereocenters. The molecule has 5 heteroatoms. The molecule has 2 N–H and O–H groups in total. The molecule has 120 valence electrons. The van der Waals surface area contributed by atoms with E-state index in [4.69, 9.17) is 0 Å². The van der Waals surface area contributed by atoms with Gasteiger partial charge in [0.05, 0.1) is 5.92 Å². The molecule has 1 aliphatic rings. The van der Waals surface area contributed by atoms with Crippen molar-refractivity contribution in [1.29, 1.82) is 0 Å². The lowest BCUT2D eigenvalue weighted by molar-refractivity contribution is -0.122. The van der Waals surface area contributed by atoms with Gasteiger partial charge in [0.15, 0.2) is 0 Å². The van der Waals surface area contributed by atoms with Crippen LogP contribution < -0.4 is 10.6 Å². The lowest BCUT2D eigenvalue weighted by Crippen LogP contribution is -2.38. The van der Waals surface area contributed by atoms with Crippen molar-refractivity contribution in [1.82, 2.24) is 10.6 Å². The molecule has 1 amide bonds. The van der Waals surface area contributed by atoms with Gasteiger partial charge in [-0.1, -0.05) is 31.7 Å². The summed E-state index contributed by atoms with van der Waals surface area (Å²) in [6.45, 7) is 3.58. The normalized spacial score (nSPS) is 17.6. The molecule has 1 unspecified atom stereocenters. The molecule has 0 aromatic carbocycles. The predicted molar refractivity (Wildman–Crippen MR) is 92.5 cm³/mol. The van der Waals surface area contributed by atoms with Crippen molar-refractivity contribution in [2.24, 2.45) is 0 Å². The molecule has 1 heterocycles. The van der Waals surface area contributed by atoms with E-state index in [1.165, 1.54) is 38.5 Å². The summed E-state index contributed by atoms with van der Waals surface area (Å²) < 4.78 is 0. The number of hydrogen-bond acceptors (Lipinski definition) is 3. The van der Waals surface area contributed by atoms with Crippen molar-refractivity contribution in [3.63, 3.8) is 0 Å². The van der Waals surface area contributed by atoms with E-state index >= 15 is 0 Å². The minimum atomic E-state index is -0.0344. The van der Waals surface area contributed by atoms with Crippen LogP contribution in [0.15, 0.2) is 17.5 Å². The number of carbonyl (C=O) groups excluding carboxylic acids is 1. The molecular formula is C16H27ClN2OS. The van der Waals surface area contributed by atoms with E-state index in [-0.39, 0.29) is 24.2 Å². The Bertz CT molecular complexity index is 389. The molecule has 0 aliphatic heterocycles. The quantitative estimate of drug-likeness (QED) is 0.616. The lowest BCUT2D eigenvalue weighted by Gasteiger charge is -2.17. The summed E-state index contributed by atoms with van der Waals surface area (Å²) in [7, 11) is 0. The van der Waals surface area contributed by atoms with E-state index in [0.717, 1.165) is 18.0 Å². The van der Waals surface area contributed by atoms with Crippen molar-refractivity contribution >= 4 is 29.7 Å². The maximum Gasteiger partial charge on any atom is 0.228 e. The Labute approximate surface area is 138 Å². The summed E-state index contributed by atoms with van der Waals surface area (Å²) in [5, 5.41) is 8.63. The van der Waals surface area contributed by atoms with Crippen LogP contribution in [0.3, 0.4) is 0 Å². The molecule has 1 aromatic rings. The maximum atomic E-state index is 12.0. The smallest absolute Gasteiger partial charge is 0.228 e. The van der Waals surface area contributed by atoms with E-state index in [9.17, 15) is 4.79 Å². The summed E-state index contributed by atoms with van der Waals surface area (Å²) >= 11 is 1.65. The van der Waals surface area contributed by atoms with Crippen molar-refractivity contribution in [2.45, 2.75) is 57.4 Å². The summed E-state index contributed by atoms with van der Waals surface area (Å²) in [5.74, 6) is 0.1000. The topological polar surface area (TPSA) is 41.1 Å². The van der Waals surface area contributed by atoms with E-state index in [0.29, 0.717) is 6.04 Å². The fourth-order valence-electron chi connectivity index (χ4n) is 2.77. The predicted octanol–water partition coefficient (Wildman–Crippen LogP) is 3.70. The molecule has 21 heavy (non-hydrogen) atoms. The zero-order valence-electron chi connectivity index (χ0n) is 12.8. The Morgan fingerprint density at radius 1 is 1.29 bits per heavy atom. The molecule has 0 saturated heterocycles. The van der Waals surface area contributed by atoms with Crippen LogP contribution in [0.4, 0.5) is 0 Å². The Hall–Kier alpha value is -0.580. The van der Waals surface area contributed by atoms with Gasteiger partial charge in [-0.2, -0.15) is 0 Å². The van der Waals surface area contributed by atoms with Crippen LogP contribution in [0.2, 0.25) is 0 Å². The molecule has 1 aliphatic carbocycles. The first-order valence-electron chi connectivity index (χ1n) is 7.82. The highest BCUT2D eigenvalue weighted by atomic mass is 35.5.